The molecule has 0 amide bonds. The summed E-state index contributed by atoms with van der Waals surface area (Å²) in [5.41, 5.74) is 9.66. The normalized spacial score (nSPS) is 11.8. The van der Waals surface area contributed by atoms with Crippen LogP contribution in [0.4, 0.5) is 0 Å². The fourth-order valence-electron chi connectivity index (χ4n) is 9.05. The summed E-state index contributed by atoms with van der Waals surface area (Å²) in [7, 11) is 0. The fourth-order valence-corrected chi connectivity index (χ4v) is 9.05. The third-order valence-electron chi connectivity index (χ3n) is 11.6. The first-order valence-corrected chi connectivity index (χ1v) is 19.6. The van der Waals surface area contributed by atoms with Gasteiger partial charge in [0.05, 0.1) is 27.8 Å². The molecule has 0 aliphatic heterocycles. The first-order valence-electron chi connectivity index (χ1n) is 19.6. The van der Waals surface area contributed by atoms with Crippen LogP contribution in [0, 0.1) is 0 Å². The van der Waals surface area contributed by atoms with Crippen molar-refractivity contribution in [1.82, 2.24) is 24.1 Å². The van der Waals surface area contributed by atoms with Gasteiger partial charge in [-0.25, -0.2) is 15.0 Å². The van der Waals surface area contributed by atoms with E-state index in [-0.39, 0.29) is 0 Å². The molecular formula is C53H33N5. The van der Waals surface area contributed by atoms with E-state index in [2.05, 4.69) is 191 Å². The largest absolute Gasteiger partial charge is 0.309 e. The van der Waals surface area contributed by atoms with Crippen molar-refractivity contribution >= 4 is 65.2 Å². The lowest BCUT2D eigenvalue weighted by Gasteiger charge is -2.16. The summed E-state index contributed by atoms with van der Waals surface area (Å²) in [6.07, 6.45) is 0. The molecule has 0 saturated heterocycles. The predicted octanol–water partition coefficient (Wildman–Crippen LogP) is 13.4. The summed E-state index contributed by atoms with van der Waals surface area (Å²) in [6, 6.07) is 70.8. The monoisotopic (exact) mass is 739 g/mol. The average Bonchev–Trinajstić information content (AvgIpc) is 3.82. The summed E-state index contributed by atoms with van der Waals surface area (Å²) < 4.78 is 4.77. The molecule has 270 valence electrons. The van der Waals surface area contributed by atoms with Gasteiger partial charge in [0.1, 0.15) is 0 Å². The van der Waals surface area contributed by atoms with E-state index in [1.807, 2.05) is 18.2 Å². The molecule has 0 aliphatic rings. The first kappa shape index (κ1) is 32.4. The van der Waals surface area contributed by atoms with Crippen LogP contribution < -0.4 is 0 Å². The van der Waals surface area contributed by atoms with Gasteiger partial charge in [-0.15, -0.1) is 0 Å². The highest BCUT2D eigenvalue weighted by atomic mass is 15.0. The third kappa shape index (κ3) is 4.87. The zero-order valence-electron chi connectivity index (χ0n) is 31.3. The minimum atomic E-state index is 0.628. The van der Waals surface area contributed by atoms with Gasteiger partial charge in [-0.2, -0.15) is 0 Å². The maximum Gasteiger partial charge on any atom is 0.164 e. The van der Waals surface area contributed by atoms with Crippen molar-refractivity contribution in [2.75, 3.05) is 0 Å². The highest BCUT2D eigenvalue weighted by molar-refractivity contribution is 6.20. The Kier molecular flexibility index (Phi) is 7.16. The van der Waals surface area contributed by atoms with Gasteiger partial charge in [-0.1, -0.05) is 158 Å². The van der Waals surface area contributed by atoms with Crippen LogP contribution in [0.25, 0.3) is 111 Å². The van der Waals surface area contributed by atoms with Gasteiger partial charge in [0.15, 0.2) is 17.5 Å². The first-order chi connectivity index (χ1) is 28.8. The molecule has 9 aromatic carbocycles. The molecule has 12 aromatic rings. The Morgan fingerprint density at radius 1 is 0.310 bits per heavy atom. The number of fused-ring (bicyclic) bond motifs is 9. The highest BCUT2D eigenvalue weighted by Gasteiger charge is 2.22. The molecule has 5 heteroatoms. The number of benzene rings is 9. The van der Waals surface area contributed by atoms with E-state index in [1.54, 1.807) is 0 Å². The van der Waals surface area contributed by atoms with Gasteiger partial charge in [0, 0.05) is 54.7 Å². The van der Waals surface area contributed by atoms with Crippen molar-refractivity contribution in [3.8, 4) is 45.5 Å². The van der Waals surface area contributed by atoms with Crippen LogP contribution >= 0.6 is 0 Å². The molecule has 0 unspecified atom stereocenters. The molecule has 58 heavy (non-hydrogen) atoms. The highest BCUT2D eigenvalue weighted by Crippen LogP contribution is 2.42. The van der Waals surface area contributed by atoms with Gasteiger partial charge >= 0.3 is 0 Å². The molecular weight excluding hydrogens is 707 g/mol. The van der Waals surface area contributed by atoms with Crippen molar-refractivity contribution in [3.63, 3.8) is 0 Å². The molecule has 3 aromatic heterocycles. The fraction of sp³-hybridized carbons (Fsp3) is 0. The second kappa shape index (κ2) is 12.8. The van der Waals surface area contributed by atoms with Crippen molar-refractivity contribution in [3.05, 3.63) is 200 Å². The van der Waals surface area contributed by atoms with Gasteiger partial charge in [-0.05, 0) is 53.2 Å². The van der Waals surface area contributed by atoms with E-state index in [0.717, 1.165) is 60.6 Å². The number of rotatable bonds is 5. The number of nitrogens with zero attached hydrogens (tertiary/aromatic N) is 5. The second-order valence-corrected chi connectivity index (χ2v) is 14.8. The standard InChI is InChI=1S/C53H33N5/c1-3-17-35(18-4-1)51-54-52(56-53(55-51)44-26-15-29-48-49(44)43-25-12-14-28-46(43)57(48)36-19-5-2-6-20-36)42-32-33-47(39-23-10-9-22-38(39)42)58-45-27-13-11-24-40(45)41-31-30-34-16-7-8-21-37(34)50(41)58/h1-33H. The minimum Gasteiger partial charge on any atom is -0.309 e. The molecule has 0 bridgehead atoms. The Labute approximate surface area is 333 Å². The van der Waals surface area contributed by atoms with Gasteiger partial charge in [-0.3, -0.25) is 0 Å². The number of para-hydroxylation sites is 3. The van der Waals surface area contributed by atoms with E-state index < -0.39 is 0 Å². The van der Waals surface area contributed by atoms with Gasteiger partial charge in [0.2, 0.25) is 0 Å². The Hall–Kier alpha value is -7.89. The van der Waals surface area contributed by atoms with E-state index in [0.29, 0.717) is 17.5 Å². The van der Waals surface area contributed by atoms with Gasteiger partial charge in [0.25, 0.3) is 0 Å². The van der Waals surface area contributed by atoms with Crippen LogP contribution in [0.1, 0.15) is 0 Å². The third-order valence-corrected chi connectivity index (χ3v) is 11.6. The van der Waals surface area contributed by atoms with Crippen LogP contribution in [-0.2, 0) is 0 Å². The predicted molar refractivity (Wildman–Crippen MR) is 240 cm³/mol. The Morgan fingerprint density at radius 3 is 1.69 bits per heavy atom. The van der Waals surface area contributed by atoms with Crippen molar-refractivity contribution < 1.29 is 0 Å². The SMILES string of the molecule is c1ccc(-c2nc(-c3ccc(-n4c5ccccc5c5ccc6ccccc6c54)c4ccccc34)nc(-c3cccc4c3c3ccccc3n4-c3ccccc3)n2)cc1. The quantitative estimate of drug-likeness (QED) is 0.177. The van der Waals surface area contributed by atoms with Crippen molar-refractivity contribution in [2.45, 2.75) is 0 Å². The summed E-state index contributed by atoms with van der Waals surface area (Å²) in [5, 5.41) is 9.35. The summed E-state index contributed by atoms with van der Waals surface area (Å²) in [6.45, 7) is 0. The molecule has 3 heterocycles. The van der Waals surface area contributed by atoms with Crippen LogP contribution in [-0.4, -0.2) is 24.1 Å². The molecule has 12 rings (SSSR count). The minimum absolute atomic E-state index is 0.628. The molecule has 0 radical (unpaired) electrons. The zero-order valence-corrected chi connectivity index (χ0v) is 31.3. The van der Waals surface area contributed by atoms with Crippen molar-refractivity contribution in [1.29, 1.82) is 0 Å². The van der Waals surface area contributed by atoms with Crippen molar-refractivity contribution in [2.24, 2.45) is 0 Å². The second-order valence-electron chi connectivity index (χ2n) is 14.8. The molecule has 0 fully saturated rings. The van der Waals surface area contributed by atoms with E-state index in [9.17, 15) is 0 Å². The molecule has 0 spiro atoms. The van der Waals surface area contributed by atoms with E-state index in [1.165, 1.54) is 32.6 Å². The van der Waals surface area contributed by atoms with Gasteiger partial charge < -0.3 is 9.13 Å². The average molecular weight is 740 g/mol. The lowest BCUT2D eigenvalue weighted by Crippen LogP contribution is -2.02. The topological polar surface area (TPSA) is 48.5 Å². The molecule has 0 aliphatic carbocycles. The van der Waals surface area contributed by atoms with Crippen LogP contribution in [0.15, 0.2) is 200 Å². The van der Waals surface area contributed by atoms with Crippen LogP contribution in [0.5, 0.6) is 0 Å². The summed E-state index contributed by atoms with van der Waals surface area (Å²) in [4.78, 5) is 15.9. The zero-order chi connectivity index (χ0) is 38.2. The maximum atomic E-state index is 5.38. The molecule has 0 atom stereocenters. The Morgan fingerprint density at radius 2 is 0.897 bits per heavy atom. The number of hydrogen-bond acceptors (Lipinski definition) is 3. The summed E-state index contributed by atoms with van der Waals surface area (Å²) >= 11 is 0. The Balaban J connectivity index is 1.13. The number of hydrogen-bond donors (Lipinski definition) is 0. The molecule has 5 nitrogen and oxygen atoms in total. The number of aromatic nitrogens is 5. The lowest BCUT2D eigenvalue weighted by atomic mass is 10.0. The summed E-state index contributed by atoms with van der Waals surface area (Å²) in [5.74, 6) is 1.89. The van der Waals surface area contributed by atoms with E-state index in [4.69, 9.17) is 15.0 Å². The Bertz CT molecular complexity index is 3560. The van der Waals surface area contributed by atoms with Crippen LogP contribution in [0.2, 0.25) is 0 Å². The molecule has 0 saturated carbocycles. The lowest BCUT2D eigenvalue weighted by molar-refractivity contribution is 1.08. The smallest absolute Gasteiger partial charge is 0.164 e. The van der Waals surface area contributed by atoms with E-state index >= 15 is 0 Å². The molecule has 0 N–H and O–H groups in total. The maximum absolute atomic E-state index is 5.38. The van der Waals surface area contributed by atoms with Crippen LogP contribution in [0.3, 0.4) is 0 Å².